The molecule has 0 saturated carbocycles. The topological polar surface area (TPSA) is 98.5 Å². The lowest BCUT2D eigenvalue weighted by molar-refractivity contribution is 0.113. The average molecular weight is 386 g/mol. The molecule has 2 amide bonds. The number of fused-ring (bicyclic) bond motifs is 1. The number of hydrogen-bond acceptors (Lipinski definition) is 7. The van der Waals surface area contributed by atoms with Gasteiger partial charge in [0.05, 0.1) is 25.9 Å². The number of carbonyl (C=O) groups is 1. The first-order valence-electron chi connectivity index (χ1n) is 8.39. The maximum absolute atomic E-state index is 12.5. The molecule has 2 N–H and O–H groups in total. The van der Waals surface area contributed by atoms with Gasteiger partial charge >= 0.3 is 6.03 Å². The second kappa shape index (κ2) is 7.37. The number of nitrogens with one attached hydrogen (secondary N) is 2. The molecule has 0 aliphatic carbocycles. The molecule has 3 aromatic rings. The third-order valence-corrected chi connectivity index (χ3v) is 5.24. The molecule has 3 heterocycles. The Balaban J connectivity index is 1.61. The van der Waals surface area contributed by atoms with E-state index < -0.39 is 0 Å². The minimum Gasteiger partial charge on any atom is -0.497 e. The highest BCUT2D eigenvalue weighted by Crippen LogP contribution is 2.42. The van der Waals surface area contributed by atoms with Gasteiger partial charge in [0, 0.05) is 16.6 Å². The zero-order valence-electron chi connectivity index (χ0n) is 14.9. The van der Waals surface area contributed by atoms with Gasteiger partial charge < -0.3 is 19.3 Å². The largest absolute Gasteiger partial charge is 0.497 e. The van der Waals surface area contributed by atoms with Gasteiger partial charge in [0.1, 0.15) is 10.8 Å². The number of methoxy groups -OCH3 is 1. The molecule has 0 atom stereocenters. The molecule has 1 aliphatic heterocycles. The van der Waals surface area contributed by atoms with Gasteiger partial charge in [-0.15, -0.1) is 11.3 Å². The van der Waals surface area contributed by atoms with Crippen molar-refractivity contribution in [1.82, 2.24) is 10.1 Å². The molecule has 1 aliphatic rings. The summed E-state index contributed by atoms with van der Waals surface area (Å²) in [6.07, 6.45) is 0.738. The molecule has 0 bridgehead atoms. The van der Waals surface area contributed by atoms with E-state index in [1.165, 1.54) is 11.3 Å². The fourth-order valence-electron chi connectivity index (χ4n) is 2.91. The zero-order valence-corrected chi connectivity index (χ0v) is 15.7. The van der Waals surface area contributed by atoms with Crippen molar-refractivity contribution in [3.8, 4) is 17.2 Å². The zero-order chi connectivity index (χ0) is 18.8. The van der Waals surface area contributed by atoms with Crippen LogP contribution < -0.4 is 15.4 Å². The van der Waals surface area contributed by atoms with Crippen molar-refractivity contribution in [2.45, 2.75) is 20.0 Å². The Bertz CT molecular complexity index is 982. The number of thiophene rings is 1. The molecule has 0 spiro atoms. The molecule has 4 rings (SSSR count). The third-order valence-electron chi connectivity index (χ3n) is 4.12. The number of ether oxygens (including phenoxy) is 2. The molecule has 0 unspecified atom stereocenters. The summed E-state index contributed by atoms with van der Waals surface area (Å²) in [5.74, 6) is 1.62. The van der Waals surface area contributed by atoms with Crippen molar-refractivity contribution in [3.63, 3.8) is 0 Å². The van der Waals surface area contributed by atoms with Gasteiger partial charge in [-0.25, -0.2) is 4.79 Å². The predicted octanol–water partition coefficient (Wildman–Crippen LogP) is 3.83. The van der Waals surface area contributed by atoms with Crippen molar-refractivity contribution in [1.29, 1.82) is 0 Å². The van der Waals surface area contributed by atoms with Crippen LogP contribution in [0.5, 0.6) is 5.75 Å². The van der Waals surface area contributed by atoms with Crippen LogP contribution in [-0.4, -0.2) is 29.9 Å². The summed E-state index contributed by atoms with van der Waals surface area (Å²) in [5, 5.41) is 10.2. The first-order valence-corrected chi connectivity index (χ1v) is 9.20. The van der Waals surface area contributed by atoms with E-state index in [9.17, 15) is 4.79 Å². The van der Waals surface area contributed by atoms with Crippen molar-refractivity contribution in [2.24, 2.45) is 0 Å². The smallest absolute Gasteiger partial charge is 0.324 e. The lowest BCUT2D eigenvalue weighted by atomic mass is 10.1. The van der Waals surface area contributed by atoms with Crippen LogP contribution in [0.25, 0.3) is 11.5 Å². The summed E-state index contributed by atoms with van der Waals surface area (Å²) in [4.78, 5) is 17.9. The second-order valence-corrected chi connectivity index (χ2v) is 7.07. The van der Waals surface area contributed by atoms with E-state index in [0.29, 0.717) is 41.4 Å². The quantitative estimate of drug-likeness (QED) is 0.707. The van der Waals surface area contributed by atoms with Crippen LogP contribution in [0.4, 0.5) is 15.5 Å². The van der Waals surface area contributed by atoms with Crippen molar-refractivity contribution in [3.05, 3.63) is 40.5 Å². The molecule has 0 saturated heterocycles. The number of carbonyl (C=O) groups excluding carboxylic acids is 1. The minimum absolute atomic E-state index is 0.361. The normalized spacial score (nSPS) is 13.1. The highest BCUT2D eigenvalue weighted by Gasteiger charge is 2.26. The van der Waals surface area contributed by atoms with E-state index in [1.807, 2.05) is 12.1 Å². The van der Waals surface area contributed by atoms with Crippen LogP contribution in [-0.2, 0) is 17.8 Å². The molecule has 27 heavy (non-hydrogen) atoms. The van der Waals surface area contributed by atoms with Gasteiger partial charge in [0.15, 0.2) is 5.82 Å². The van der Waals surface area contributed by atoms with Crippen LogP contribution in [0.15, 0.2) is 28.8 Å². The van der Waals surface area contributed by atoms with Crippen LogP contribution in [0, 0.1) is 6.92 Å². The Kier molecular flexibility index (Phi) is 4.78. The van der Waals surface area contributed by atoms with Crippen molar-refractivity contribution >= 4 is 28.1 Å². The van der Waals surface area contributed by atoms with E-state index in [0.717, 1.165) is 22.4 Å². The van der Waals surface area contributed by atoms with Crippen LogP contribution in [0.3, 0.4) is 0 Å². The number of aryl methyl sites for hydroxylation is 1. The van der Waals surface area contributed by atoms with Crippen molar-refractivity contribution < 1.29 is 18.8 Å². The molecule has 140 valence electrons. The monoisotopic (exact) mass is 386 g/mol. The standard InChI is InChI=1S/C18H18N4O4S/c1-10-19-16(26-22-10)15-13-6-7-25-9-14(13)27-17(15)21-18(23)20-11-4-3-5-12(8-11)24-2/h3-5,8H,6-7,9H2,1-2H3,(H2,20,21,23). The van der Waals surface area contributed by atoms with E-state index in [4.69, 9.17) is 14.0 Å². The maximum Gasteiger partial charge on any atom is 0.324 e. The maximum atomic E-state index is 12.5. The number of amides is 2. The minimum atomic E-state index is -0.361. The summed E-state index contributed by atoms with van der Waals surface area (Å²) in [7, 11) is 1.58. The van der Waals surface area contributed by atoms with Crippen molar-refractivity contribution in [2.75, 3.05) is 24.4 Å². The molecule has 2 aromatic heterocycles. The number of nitrogens with zero attached hydrogens (tertiary/aromatic N) is 2. The summed E-state index contributed by atoms with van der Waals surface area (Å²) < 4.78 is 16.1. The van der Waals surface area contributed by atoms with Gasteiger partial charge in [-0.1, -0.05) is 11.2 Å². The first kappa shape index (κ1) is 17.5. The molecular weight excluding hydrogens is 368 g/mol. The average Bonchev–Trinajstić information content (AvgIpc) is 3.24. The Hall–Kier alpha value is -2.91. The molecule has 0 fully saturated rings. The predicted molar refractivity (Wildman–Crippen MR) is 101 cm³/mol. The first-order chi connectivity index (χ1) is 13.1. The summed E-state index contributed by atoms with van der Waals surface area (Å²) >= 11 is 1.46. The number of urea groups is 1. The van der Waals surface area contributed by atoms with E-state index in [1.54, 1.807) is 26.2 Å². The fraction of sp³-hybridized carbons (Fsp3) is 0.278. The van der Waals surface area contributed by atoms with Crippen LogP contribution >= 0.6 is 11.3 Å². The lowest BCUT2D eigenvalue weighted by Crippen LogP contribution is -2.19. The molecule has 9 heteroatoms. The SMILES string of the molecule is COc1cccc(NC(=O)Nc2sc3c(c2-c2nc(C)no2)CCOC3)c1. The number of benzene rings is 1. The van der Waals surface area contributed by atoms with E-state index >= 15 is 0 Å². The number of anilines is 2. The molecule has 0 radical (unpaired) electrons. The Morgan fingerprint density at radius 1 is 1.33 bits per heavy atom. The summed E-state index contributed by atoms with van der Waals surface area (Å²) in [5.41, 5.74) is 2.50. The lowest BCUT2D eigenvalue weighted by Gasteiger charge is -2.12. The van der Waals surface area contributed by atoms with E-state index in [-0.39, 0.29) is 6.03 Å². The number of aromatic nitrogens is 2. The van der Waals surface area contributed by atoms with Crippen LogP contribution in [0.1, 0.15) is 16.3 Å². The fourth-order valence-corrected chi connectivity index (χ4v) is 4.08. The van der Waals surface area contributed by atoms with E-state index in [2.05, 4.69) is 20.8 Å². The molecule has 1 aromatic carbocycles. The number of rotatable bonds is 4. The van der Waals surface area contributed by atoms with Gasteiger partial charge in [0.2, 0.25) is 0 Å². The van der Waals surface area contributed by atoms with Gasteiger partial charge in [-0.3, -0.25) is 5.32 Å². The summed E-state index contributed by atoms with van der Waals surface area (Å²) in [6.45, 7) is 2.90. The Labute approximate surface area is 159 Å². The number of hydrogen-bond donors (Lipinski definition) is 2. The van der Waals surface area contributed by atoms with Gasteiger partial charge in [-0.2, -0.15) is 4.98 Å². The Morgan fingerprint density at radius 3 is 3.00 bits per heavy atom. The molecular formula is C18H18N4O4S. The highest BCUT2D eigenvalue weighted by molar-refractivity contribution is 7.17. The summed E-state index contributed by atoms with van der Waals surface area (Å²) in [6, 6.07) is 6.79. The second-order valence-electron chi connectivity index (χ2n) is 5.97. The molecule has 8 nitrogen and oxygen atoms in total. The third kappa shape index (κ3) is 3.64. The van der Waals surface area contributed by atoms with Gasteiger partial charge in [-0.05, 0) is 31.0 Å². The van der Waals surface area contributed by atoms with Gasteiger partial charge in [0.25, 0.3) is 5.89 Å². The highest BCUT2D eigenvalue weighted by atomic mass is 32.1. The van der Waals surface area contributed by atoms with Crippen LogP contribution in [0.2, 0.25) is 0 Å². The Morgan fingerprint density at radius 2 is 2.22 bits per heavy atom.